The van der Waals surface area contributed by atoms with Gasteiger partial charge in [-0.2, -0.15) is 0 Å². The van der Waals surface area contributed by atoms with Gasteiger partial charge in [-0.05, 0) is 49.6 Å². The van der Waals surface area contributed by atoms with Crippen LogP contribution in [0, 0.1) is 0 Å². The topological polar surface area (TPSA) is 107 Å². The van der Waals surface area contributed by atoms with Crippen molar-refractivity contribution < 1.29 is 19.4 Å². The van der Waals surface area contributed by atoms with Gasteiger partial charge in [-0.3, -0.25) is 9.78 Å². The number of nitrogens with zero attached hydrogens (tertiary/aromatic N) is 1. The molecule has 144 valence electrons. The number of carbonyl (C=O) groups is 1. The molecule has 0 unspecified atom stereocenters. The van der Waals surface area contributed by atoms with Gasteiger partial charge in [-0.15, -0.1) is 0 Å². The van der Waals surface area contributed by atoms with Gasteiger partial charge in [0.15, 0.2) is 0 Å². The van der Waals surface area contributed by atoms with Crippen LogP contribution in [0.4, 0.5) is 0 Å². The zero-order chi connectivity index (χ0) is 19.1. The molecule has 0 bridgehead atoms. The maximum atomic E-state index is 12.6. The number of pyridine rings is 1. The standard InChI is InChI=1S/C20H25N3O4/c21-9-11-26-15-5-1-4-14(12-15)20(25)23-17-7-2-8-18(19(17)24)27-16-6-3-10-22-13-16/h1,3-6,10,12-13,17-19,24H,2,7-9,11,21H2,(H,23,25)/t17-,18-,19-/m1/s1. The Morgan fingerprint density at radius 1 is 1.26 bits per heavy atom. The zero-order valence-electron chi connectivity index (χ0n) is 15.1. The van der Waals surface area contributed by atoms with Crippen molar-refractivity contribution in [3.05, 3.63) is 54.4 Å². The van der Waals surface area contributed by atoms with Crippen LogP contribution in [0.1, 0.15) is 29.6 Å². The molecule has 1 amide bonds. The number of aliphatic hydroxyl groups excluding tert-OH is 1. The number of aromatic nitrogens is 1. The summed E-state index contributed by atoms with van der Waals surface area (Å²) in [5, 5.41) is 13.6. The molecule has 0 saturated heterocycles. The van der Waals surface area contributed by atoms with E-state index in [1.165, 1.54) is 0 Å². The molecule has 4 N–H and O–H groups in total. The molecule has 2 aromatic rings. The molecule has 0 aliphatic heterocycles. The highest BCUT2D eigenvalue weighted by molar-refractivity contribution is 5.94. The smallest absolute Gasteiger partial charge is 0.251 e. The number of amides is 1. The summed E-state index contributed by atoms with van der Waals surface area (Å²) in [4.78, 5) is 16.6. The van der Waals surface area contributed by atoms with Crippen LogP contribution in [0.25, 0.3) is 0 Å². The highest BCUT2D eigenvalue weighted by Crippen LogP contribution is 2.24. The number of hydrogen-bond acceptors (Lipinski definition) is 6. The largest absolute Gasteiger partial charge is 0.492 e. The monoisotopic (exact) mass is 371 g/mol. The second-order valence-corrected chi connectivity index (χ2v) is 6.51. The van der Waals surface area contributed by atoms with Crippen LogP contribution in [0.2, 0.25) is 0 Å². The first-order valence-electron chi connectivity index (χ1n) is 9.16. The van der Waals surface area contributed by atoms with E-state index >= 15 is 0 Å². The molecule has 7 heteroatoms. The average molecular weight is 371 g/mol. The molecule has 1 aliphatic carbocycles. The van der Waals surface area contributed by atoms with Crippen LogP contribution in [-0.2, 0) is 0 Å². The van der Waals surface area contributed by atoms with Crippen LogP contribution >= 0.6 is 0 Å². The molecule has 27 heavy (non-hydrogen) atoms. The molecule has 3 rings (SSSR count). The van der Waals surface area contributed by atoms with Crippen molar-refractivity contribution in [3.63, 3.8) is 0 Å². The van der Waals surface area contributed by atoms with Gasteiger partial charge < -0.3 is 25.6 Å². The van der Waals surface area contributed by atoms with Gasteiger partial charge in [-0.25, -0.2) is 0 Å². The average Bonchev–Trinajstić information content (AvgIpc) is 2.70. The minimum atomic E-state index is -0.792. The van der Waals surface area contributed by atoms with Gasteiger partial charge in [0.1, 0.15) is 30.3 Å². The third-order valence-corrected chi connectivity index (χ3v) is 4.52. The summed E-state index contributed by atoms with van der Waals surface area (Å²) >= 11 is 0. The van der Waals surface area contributed by atoms with Crippen LogP contribution in [0.3, 0.4) is 0 Å². The summed E-state index contributed by atoms with van der Waals surface area (Å²) in [6.07, 6.45) is 4.38. The fourth-order valence-electron chi connectivity index (χ4n) is 3.17. The Balaban J connectivity index is 1.61. The highest BCUT2D eigenvalue weighted by atomic mass is 16.5. The van der Waals surface area contributed by atoms with Gasteiger partial charge in [0.25, 0.3) is 5.91 Å². The van der Waals surface area contributed by atoms with E-state index in [4.69, 9.17) is 15.2 Å². The summed E-state index contributed by atoms with van der Waals surface area (Å²) in [6, 6.07) is 10.1. The molecule has 3 atom stereocenters. The fraction of sp³-hybridized carbons (Fsp3) is 0.400. The molecule has 0 radical (unpaired) electrons. The highest BCUT2D eigenvalue weighted by Gasteiger charge is 2.34. The summed E-state index contributed by atoms with van der Waals surface area (Å²) in [5.41, 5.74) is 5.91. The fourth-order valence-corrected chi connectivity index (χ4v) is 3.17. The minimum Gasteiger partial charge on any atom is -0.492 e. The lowest BCUT2D eigenvalue weighted by Gasteiger charge is -2.35. The second-order valence-electron chi connectivity index (χ2n) is 6.51. The summed E-state index contributed by atoms with van der Waals surface area (Å²) < 4.78 is 11.3. The van der Waals surface area contributed by atoms with E-state index in [0.717, 1.165) is 12.8 Å². The van der Waals surface area contributed by atoms with E-state index < -0.39 is 6.10 Å². The van der Waals surface area contributed by atoms with Crippen molar-refractivity contribution in [2.45, 2.75) is 37.5 Å². The number of aliphatic hydroxyl groups is 1. The number of hydrogen-bond donors (Lipinski definition) is 3. The lowest BCUT2D eigenvalue weighted by Crippen LogP contribution is -2.52. The maximum Gasteiger partial charge on any atom is 0.251 e. The lowest BCUT2D eigenvalue weighted by molar-refractivity contribution is -0.0142. The van der Waals surface area contributed by atoms with Crippen LogP contribution in [-0.4, -0.2) is 47.4 Å². The van der Waals surface area contributed by atoms with Crippen molar-refractivity contribution in [1.29, 1.82) is 0 Å². The predicted molar refractivity (Wildman–Crippen MR) is 101 cm³/mol. The van der Waals surface area contributed by atoms with Crippen molar-refractivity contribution in [1.82, 2.24) is 10.3 Å². The van der Waals surface area contributed by atoms with Crippen LogP contribution in [0.15, 0.2) is 48.8 Å². The zero-order valence-corrected chi connectivity index (χ0v) is 15.1. The molecule has 7 nitrogen and oxygen atoms in total. The predicted octanol–water partition coefficient (Wildman–Crippen LogP) is 1.51. The summed E-state index contributed by atoms with van der Waals surface area (Å²) in [7, 11) is 0. The van der Waals surface area contributed by atoms with Crippen molar-refractivity contribution in [3.8, 4) is 11.5 Å². The Labute approximate surface area is 158 Å². The first-order valence-corrected chi connectivity index (χ1v) is 9.16. The molecular formula is C20H25N3O4. The molecule has 1 heterocycles. The molecule has 1 aliphatic rings. The van der Waals surface area contributed by atoms with Crippen molar-refractivity contribution >= 4 is 5.91 Å². The number of rotatable bonds is 7. The Hall–Kier alpha value is -2.64. The lowest BCUT2D eigenvalue weighted by atomic mass is 9.89. The summed E-state index contributed by atoms with van der Waals surface area (Å²) in [5.74, 6) is 0.952. The van der Waals surface area contributed by atoms with Crippen molar-refractivity contribution in [2.75, 3.05) is 13.2 Å². The third kappa shape index (κ3) is 5.18. The van der Waals surface area contributed by atoms with Gasteiger partial charge in [0.2, 0.25) is 0 Å². The van der Waals surface area contributed by atoms with E-state index in [-0.39, 0.29) is 18.1 Å². The molecule has 1 aromatic heterocycles. The Morgan fingerprint density at radius 3 is 2.89 bits per heavy atom. The first kappa shape index (κ1) is 19.1. The van der Waals surface area contributed by atoms with E-state index in [1.807, 2.05) is 0 Å². The van der Waals surface area contributed by atoms with Gasteiger partial charge in [0.05, 0.1) is 12.2 Å². The van der Waals surface area contributed by atoms with Gasteiger partial charge >= 0.3 is 0 Å². The molecule has 1 saturated carbocycles. The Kier molecular flexibility index (Phi) is 6.62. The molecule has 1 fully saturated rings. The number of nitrogens with two attached hydrogens (primary N) is 1. The normalized spacial score (nSPS) is 22.1. The SMILES string of the molecule is NCCOc1cccc(C(=O)N[C@@H]2CCC[C@@H](Oc3cccnc3)[C@@H]2O)c1. The Morgan fingerprint density at radius 2 is 2.11 bits per heavy atom. The number of nitrogens with one attached hydrogen (secondary N) is 1. The van der Waals surface area contributed by atoms with E-state index in [2.05, 4.69) is 10.3 Å². The van der Waals surface area contributed by atoms with E-state index in [0.29, 0.717) is 36.6 Å². The van der Waals surface area contributed by atoms with Crippen LogP contribution in [0.5, 0.6) is 11.5 Å². The van der Waals surface area contributed by atoms with E-state index in [9.17, 15) is 9.90 Å². The van der Waals surface area contributed by atoms with E-state index in [1.54, 1.807) is 48.8 Å². The van der Waals surface area contributed by atoms with Gasteiger partial charge in [0, 0.05) is 18.3 Å². The first-order chi connectivity index (χ1) is 13.2. The molecular weight excluding hydrogens is 346 g/mol. The maximum absolute atomic E-state index is 12.6. The molecule has 0 spiro atoms. The Bertz CT molecular complexity index is 741. The number of carbonyl (C=O) groups excluding carboxylic acids is 1. The van der Waals surface area contributed by atoms with Crippen molar-refractivity contribution in [2.24, 2.45) is 5.73 Å². The second kappa shape index (κ2) is 9.34. The van der Waals surface area contributed by atoms with Gasteiger partial charge in [-0.1, -0.05) is 6.07 Å². The quantitative estimate of drug-likeness (QED) is 0.681. The molecule has 1 aromatic carbocycles. The minimum absolute atomic E-state index is 0.251. The summed E-state index contributed by atoms with van der Waals surface area (Å²) in [6.45, 7) is 0.794. The third-order valence-electron chi connectivity index (χ3n) is 4.52. The number of ether oxygens (including phenoxy) is 2. The van der Waals surface area contributed by atoms with Crippen LogP contribution < -0.4 is 20.5 Å². The number of benzene rings is 1.